The maximum Gasteiger partial charge on any atom is 0.295 e. The van der Waals surface area contributed by atoms with Gasteiger partial charge in [0.15, 0.2) is 0 Å². The molecule has 0 spiro atoms. The summed E-state index contributed by atoms with van der Waals surface area (Å²) in [5.41, 5.74) is 1.69. The van der Waals surface area contributed by atoms with E-state index >= 15 is 0 Å². The van der Waals surface area contributed by atoms with Crippen molar-refractivity contribution in [3.63, 3.8) is 0 Å². The van der Waals surface area contributed by atoms with Crippen LogP contribution in [0.1, 0.15) is 12.5 Å². The Kier molecular flexibility index (Phi) is 3.95. The van der Waals surface area contributed by atoms with Crippen LogP contribution in [0, 0.1) is 10.1 Å². The van der Waals surface area contributed by atoms with Crippen molar-refractivity contribution in [1.82, 2.24) is 5.06 Å². The van der Waals surface area contributed by atoms with Gasteiger partial charge in [0.25, 0.3) is 5.70 Å². The Morgan fingerprint density at radius 3 is 2.60 bits per heavy atom. The molecule has 2 rings (SSSR count). The van der Waals surface area contributed by atoms with Gasteiger partial charge in [-0.25, -0.2) is 14.3 Å². The summed E-state index contributed by atoms with van der Waals surface area (Å²) >= 11 is 0. The summed E-state index contributed by atoms with van der Waals surface area (Å²) in [5.74, 6) is 0. The molecule has 1 aromatic carbocycles. The highest BCUT2D eigenvalue weighted by Gasteiger charge is 2.31. The van der Waals surface area contributed by atoms with Crippen LogP contribution in [0.25, 0.3) is 5.70 Å². The molecule has 0 saturated carbocycles. The van der Waals surface area contributed by atoms with Crippen LogP contribution in [0.2, 0.25) is 0 Å². The van der Waals surface area contributed by atoms with E-state index in [2.05, 4.69) is 6.58 Å². The molecule has 5 nitrogen and oxygen atoms in total. The normalized spacial score (nSPS) is 15.4. The molecule has 20 heavy (non-hydrogen) atoms. The molecule has 1 aromatic rings. The predicted octanol–water partition coefficient (Wildman–Crippen LogP) is 3.27. The minimum Gasteiger partial charge on any atom is -0.258 e. The number of hydroxylamine groups is 2. The molecular weight excluding hydrogens is 263 g/mol. The monoisotopic (exact) mass is 276 g/mol. The van der Waals surface area contributed by atoms with Crippen molar-refractivity contribution in [2.45, 2.75) is 6.92 Å². The lowest BCUT2D eigenvalue weighted by Gasteiger charge is -2.29. The molecule has 0 bridgehead atoms. The van der Waals surface area contributed by atoms with E-state index < -0.39 is 11.8 Å². The van der Waals surface area contributed by atoms with Crippen molar-refractivity contribution in [1.29, 1.82) is 0 Å². The highest BCUT2D eigenvalue weighted by Crippen LogP contribution is 2.34. The van der Waals surface area contributed by atoms with Crippen LogP contribution < -0.4 is 0 Å². The molecule has 1 aliphatic rings. The average Bonchev–Trinajstić information content (AvgIpc) is 2.43. The third-order valence-corrected chi connectivity index (χ3v) is 2.89. The minimum absolute atomic E-state index is 0.00268. The molecule has 0 aromatic heterocycles. The first-order valence-corrected chi connectivity index (χ1v) is 5.87. The molecular formula is C14H13FN2O3. The number of halogens is 1. The number of hydrogen-bond donors (Lipinski definition) is 0. The average molecular weight is 276 g/mol. The molecule has 0 atom stereocenters. The largest absolute Gasteiger partial charge is 0.295 e. The van der Waals surface area contributed by atoms with E-state index in [-0.39, 0.29) is 11.4 Å². The lowest BCUT2D eigenvalue weighted by atomic mass is 10.0. The molecule has 104 valence electrons. The fourth-order valence-corrected chi connectivity index (χ4v) is 2.05. The van der Waals surface area contributed by atoms with Gasteiger partial charge in [0.2, 0.25) is 6.86 Å². The van der Waals surface area contributed by atoms with Gasteiger partial charge in [-0.05, 0) is 12.5 Å². The number of nitro groups is 1. The number of allylic oxidation sites excluding steroid dienone is 2. The molecule has 0 fully saturated rings. The Labute approximate surface area is 115 Å². The zero-order valence-corrected chi connectivity index (χ0v) is 10.9. The van der Waals surface area contributed by atoms with Gasteiger partial charge in [-0.2, -0.15) is 0 Å². The van der Waals surface area contributed by atoms with Crippen molar-refractivity contribution in [3.05, 3.63) is 75.6 Å². The third kappa shape index (κ3) is 2.46. The van der Waals surface area contributed by atoms with Gasteiger partial charge in [0.05, 0.1) is 10.6 Å². The van der Waals surface area contributed by atoms with Crippen LogP contribution >= 0.6 is 0 Å². The van der Waals surface area contributed by atoms with Gasteiger partial charge in [-0.15, -0.1) is 0 Å². The van der Waals surface area contributed by atoms with Crippen molar-refractivity contribution < 1.29 is 14.2 Å². The van der Waals surface area contributed by atoms with Crippen LogP contribution in [0.15, 0.2) is 60.0 Å². The van der Waals surface area contributed by atoms with Gasteiger partial charge in [-0.1, -0.05) is 36.9 Å². The molecule has 0 radical (unpaired) electrons. The van der Waals surface area contributed by atoms with Crippen LogP contribution in [0.3, 0.4) is 0 Å². The summed E-state index contributed by atoms with van der Waals surface area (Å²) in [6, 6.07) is 9.10. The van der Waals surface area contributed by atoms with Gasteiger partial charge in [-0.3, -0.25) is 10.1 Å². The molecule has 0 aliphatic carbocycles. The van der Waals surface area contributed by atoms with Gasteiger partial charge in [0.1, 0.15) is 5.70 Å². The Balaban J connectivity index is 2.57. The summed E-state index contributed by atoms with van der Waals surface area (Å²) < 4.78 is 12.6. The fourth-order valence-electron chi connectivity index (χ4n) is 2.05. The van der Waals surface area contributed by atoms with E-state index in [1.54, 1.807) is 6.92 Å². The van der Waals surface area contributed by atoms with E-state index in [1.807, 2.05) is 30.3 Å². The quantitative estimate of drug-likeness (QED) is 0.625. The molecule has 0 saturated heterocycles. The van der Waals surface area contributed by atoms with E-state index in [9.17, 15) is 14.5 Å². The van der Waals surface area contributed by atoms with Gasteiger partial charge >= 0.3 is 0 Å². The zero-order chi connectivity index (χ0) is 14.7. The lowest BCUT2D eigenvalue weighted by Crippen LogP contribution is -2.28. The third-order valence-electron chi connectivity index (χ3n) is 2.89. The summed E-state index contributed by atoms with van der Waals surface area (Å²) in [6.45, 7) is 4.21. The second kappa shape index (κ2) is 5.66. The predicted molar refractivity (Wildman–Crippen MR) is 72.2 cm³/mol. The molecule has 1 heterocycles. The molecule has 0 unspecified atom stereocenters. The maximum atomic E-state index is 12.6. The Hall–Kier alpha value is -2.47. The molecule has 0 N–H and O–H groups in total. The first kappa shape index (κ1) is 14.0. The van der Waals surface area contributed by atoms with E-state index in [1.165, 1.54) is 6.08 Å². The highest BCUT2D eigenvalue weighted by atomic mass is 19.1. The summed E-state index contributed by atoms with van der Waals surface area (Å²) in [7, 11) is 0. The lowest BCUT2D eigenvalue weighted by molar-refractivity contribution is -0.424. The Morgan fingerprint density at radius 1 is 1.40 bits per heavy atom. The van der Waals surface area contributed by atoms with Crippen molar-refractivity contribution in [2.24, 2.45) is 0 Å². The number of nitrogens with zero attached hydrogens (tertiary/aromatic N) is 2. The highest BCUT2D eigenvalue weighted by molar-refractivity contribution is 5.72. The minimum atomic E-state index is -1.10. The molecule has 0 amide bonds. The fraction of sp³-hybridized carbons (Fsp3) is 0.143. The van der Waals surface area contributed by atoms with Crippen LogP contribution in [0.4, 0.5) is 4.39 Å². The van der Waals surface area contributed by atoms with E-state index in [0.717, 1.165) is 10.6 Å². The second-order valence-corrected chi connectivity index (χ2v) is 4.16. The van der Waals surface area contributed by atoms with Gasteiger partial charge < -0.3 is 0 Å². The van der Waals surface area contributed by atoms with E-state index in [0.29, 0.717) is 11.3 Å². The second-order valence-electron chi connectivity index (χ2n) is 4.16. The number of rotatable bonds is 4. The number of hydrogen-bond acceptors (Lipinski definition) is 4. The first-order chi connectivity index (χ1) is 9.56. The van der Waals surface area contributed by atoms with Crippen molar-refractivity contribution >= 4 is 5.70 Å². The van der Waals surface area contributed by atoms with Crippen LogP contribution in [0.5, 0.6) is 0 Å². The van der Waals surface area contributed by atoms with E-state index in [4.69, 9.17) is 4.84 Å². The van der Waals surface area contributed by atoms with Crippen LogP contribution in [-0.2, 0) is 4.84 Å². The molecule has 6 heteroatoms. The standard InChI is InChI=1S/C14H13FN2O3/c1-10-8-13(17(18)19)11(2)16(20-9-15)14(10)12-6-4-3-5-7-12/h3-8H,2,9H2,1H3. The number of alkyl halides is 1. The maximum absolute atomic E-state index is 12.6. The van der Waals surface area contributed by atoms with Crippen LogP contribution in [-0.4, -0.2) is 16.8 Å². The summed E-state index contributed by atoms with van der Waals surface area (Å²) in [5, 5.41) is 12.1. The Morgan fingerprint density at radius 2 is 2.05 bits per heavy atom. The molecule has 1 aliphatic heterocycles. The summed E-state index contributed by atoms with van der Waals surface area (Å²) in [6.07, 6.45) is 1.41. The smallest absolute Gasteiger partial charge is 0.258 e. The number of benzene rings is 1. The topological polar surface area (TPSA) is 55.6 Å². The summed E-state index contributed by atoms with van der Waals surface area (Å²) in [4.78, 5) is 15.3. The first-order valence-electron chi connectivity index (χ1n) is 5.87. The SMILES string of the molecule is C=C1C([N+](=O)[O-])=CC(C)=C(c2ccccc2)N1OCF. The Bertz CT molecular complexity index is 608. The zero-order valence-electron chi connectivity index (χ0n) is 10.9. The van der Waals surface area contributed by atoms with Gasteiger partial charge in [0, 0.05) is 11.6 Å². The van der Waals surface area contributed by atoms with Crippen molar-refractivity contribution in [2.75, 3.05) is 6.86 Å². The van der Waals surface area contributed by atoms with Crippen molar-refractivity contribution in [3.8, 4) is 0 Å².